The molecular weight excluding hydrogens is 253 g/mol. The molecule has 2 N–H and O–H groups in total. The van der Waals surface area contributed by atoms with Crippen LogP contribution in [-0.4, -0.2) is 9.55 Å². The van der Waals surface area contributed by atoms with Crippen LogP contribution in [-0.2, 0) is 6.54 Å². The predicted octanol–water partition coefficient (Wildman–Crippen LogP) is 3.64. The van der Waals surface area contributed by atoms with Gasteiger partial charge in [0.15, 0.2) is 0 Å². The van der Waals surface area contributed by atoms with Gasteiger partial charge < -0.3 is 10.3 Å². The summed E-state index contributed by atoms with van der Waals surface area (Å²) in [6.07, 6.45) is 0.977. The Balaban J connectivity index is 2.50. The van der Waals surface area contributed by atoms with Gasteiger partial charge in [-0.1, -0.05) is 18.5 Å². The third-order valence-electron chi connectivity index (χ3n) is 2.84. The highest BCUT2D eigenvalue weighted by Gasteiger charge is 2.14. The number of hydrogen-bond acceptors (Lipinski definition) is 2. The number of aryl methyl sites for hydroxylation is 1. The Hall–Kier alpha value is -1.55. The van der Waals surface area contributed by atoms with Gasteiger partial charge in [-0.25, -0.2) is 9.37 Å². The second-order valence-corrected chi connectivity index (χ2v) is 4.58. The molecule has 0 unspecified atom stereocenters. The number of aromatic nitrogens is 2. The second-order valence-electron chi connectivity index (χ2n) is 4.17. The first-order valence-electron chi connectivity index (χ1n) is 5.82. The van der Waals surface area contributed by atoms with Gasteiger partial charge >= 0.3 is 0 Å². The largest absolute Gasteiger partial charge is 0.383 e. The van der Waals surface area contributed by atoms with Crippen molar-refractivity contribution in [3.05, 3.63) is 34.9 Å². The zero-order chi connectivity index (χ0) is 13.3. The number of halogens is 2. The molecule has 18 heavy (non-hydrogen) atoms. The van der Waals surface area contributed by atoms with Crippen LogP contribution in [0.1, 0.15) is 19.2 Å². The van der Waals surface area contributed by atoms with Crippen molar-refractivity contribution in [2.75, 3.05) is 5.73 Å². The Bertz CT molecular complexity index is 578. The summed E-state index contributed by atoms with van der Waals surface area (Å²) in [5, 5.41) is 0.0783. The topological polar surface area (TPSA) is 43.8 Å². The van der Waals surface area contributed by atoms with Crippen LogP contribution in [0, 0.1) is 12.7 Å². The minimum Gasteiger partial charge on any atom is -0.383 e. The zero-order valence-electron chi connectivity index (χ0n) is 10.4. The molecule has 0 aliphatic rings. The van der Waals surface area contributed by atoms with E-state index < -0.39 is 5.82 Å². The molecule has 0 saturated heterocycles. The minimum atomic E-state index is -0.441. The molecule has 2 rings (SSSR count). The van der Waals surface area contributed by atoms with Gasteiger partial charge in [0, 0.05) is 12.1 Å². The van der Waals surface area contributed by atoms with Crippen molar-refractivity contribution in [3.63, 3.8) is 0 Å². The summed E-state index contributed by atoms with van der Waals surface area (Å²) >= 11 is 5.77. The lowest BCUT2D eigenvalue weighted by Crippen LogP contribution is -2.04. The third kappa shape index (κ3) is 2.20. The smallest absolute Gasteiger partial charge is 0.141 e. The Morgan fingerprint density at radius 1 is 1.44 bits per heavy atom. The average Bonchev–Trinajstić information content (AvgIpc) is 2.61. The van der Waals surface area contributed by atoms with Crippen LogP contribution in [0.5, 0.6) is 0 Å². The number of nitrogen functional groups attached to an aromatic ring is 1. The van der Waals surface area contributed by atoms with E-state index >= 15 is 0 Å². The second kappa shape index (κ2) is 4.98. The predicted molar refractivity (Wildman–Crippen MR) is 72.1 cm³/mol. The molecule has 0 saturated carbocycles. The van der Waals surface area contributed by atoms with Crippen molar-refractivity contribution < 1.29 is 4.39 Å². The van der Waals surface area contributed by atoms with Crippen LogP contribution in [0.2, 0.25) is 5.02 Å². The Morgan fingerprint density at radius 2 is 2.17 bits per heavy atom. The summed E-state index contributed by atoms with van der Waals surface area (Å²) in [5.74, 6) is 1.01. The maximum atomic E-state index is 13.1. The number of nitrogens with zero attached hydrogens (tertiary/aromatic N) is 2. The quantitative estimate of drug-likeness (QED) is 0.923. The Labute approximate surface area is 110 Å². The fourth-order valence-corrected chi connectivity index (χ4v) is 2.12. The van der Waals surface area contributed by atoms with Crippen molar-refractivity contribution in [1.29, 1.82) is 0 Å². The maximum Gasteiger partial charge on any atom is 0.141 e. The molecule has 0 aliphatic carbocycles. The van der Waals surface area contributed by atoms with Gasteiger partial charge in [0.2, 0.25) is 0 Å². The maximum absolute atomic E-state index is 13.1. The van der Waals surface area contributed by atoms with Gasteiger partial charge in [-0.2, -0.15) is 0 Å². The molecule has 0 bridgehead atoms. The van der Waals surface area contributed by atoms with E-state index in [1.807, 2.05) is 11.5 Å². The number of nitrogens with two attached hydrogens (primary N) is 1. The van der Waals surface area contributed by atoms with Gasteiger partial charge in [-0.15, -0.1) is 0 Å². The van der Waals surface area contributed by atoms with Crippen molar-refractivity contribution in [3.8, 4) is 11.3 Å². The summed E-state index contributed by atoms with van der Waals surface area (Å²) in [4.78, 5) is 4.43. The fourth-order valence-electron chi connectivity index (χ4n) is 1.94. The summed E-state index contributed by atoms with van der Waals surface area (Å²) in [7, 11) is 0. The lowest BCUT2D eigenvalue weighted by atomic mass is 10.1. The number of imidazole rings is 1. The molecule has 3 nitrogen and oxygen atoms in total. The normalized spacial score (nSPS) is 10.9. The van der Waals surface area contributed by atoms with Crippen LogP contribution in [0.15, 0.2) is 18.2 Å². The molecule has 0 amide bonds. The Kier molecular flexibility index (Phi) is 3.57. The summed E-state index contributed by atoms with van der Waals surface area (Å²) in [6.45, 7) is 4.80. The van der Waals surface area contributed by atoms with Crippen molar-refractivity contribution in [2.45, 2.75) is 26.8 Å². The third-order valence-corrected chi connectivity index (χ3v) is 3.13. The highest BCUT2D eigenvalue weighted by Crippen LogP contribution is 2.29. The molecular formula is C13H15ClFN3. The van der Waals surface area contributed by atoms with Crippen LogP contribution in [0.4, 0.5) is 10.2 Å². The zero-order valence-corrected chi connectivity index (χ0v) is 11.1. The van der Waals surface area contributed by atoms with Crippen LogP contribution < -0.4 is 5.73 Å². The van der Waals surface area contributed by atoms with Gasteiger partial charge in [-0.05, 0) is 31.5 Å². The minimum absolute atomic E-state index is 0.0783. The number of benzene rings is 1. The SMILES string of the molecule is CCCn1c(C)nc(-c2ccc(F)c(Cl)c2)c1N. The van der Waals surface area contributed by atoms with Crippen molar-refractivity contribution >= 4 is 17.4 Å². The molecule has 1 aromatic heterocycles. The van der Waals surface area contributed by atoms with Crippen molar-refractivity contribution in [1.82, 2.24) is 9.55 Å². The standard InChI is InChI=1S/C13H15ClFN3/c1-3-6-18-8(2)17-12(13(18)16)9-4-5-11(15)10(14)7-9/h4-5,7H,3,6,16H2,1-2H3. The van der Waals surface area contributed by atoms with E-state index in [1.165, 1.54) is 6.07 Å². The first kappa shape index (κ1) is 12.9. The molecule has 0 aliphatic heterocycles. The summed E-state index contributed by atoms with van der Waals surface area (Å²) in [6, 6.07) is 4.51. The first-order chi connectivity index (χ1) is 8.54. The average molecular weight is 268 g/mol. The van der Waals surface area contributed by atoms with E-state index in [0.29, 0.717) is 11.5 Å². The summed E-state index contributed by atoms with van der Waals surface area (Å²) < 4.78 is 15.1. The molecule has 5 heteroatoms. The van der Waals surface area contributed by atoms with E-state index in [9.17, 15) is 4.39 Å². The van der Waals surface area contributed by atoms with E-state index in [4.69, 9.17) is 17.3 Å². The molecule has 0 spiro atoms. The lowest BCUT2D eigenvalue weighted by Gasteiger charge is -2.05. The molecule has 96 valence electrons. The highest BCUT2D eigenvalue weighted by atomic mass is 35.5. The molecule has 1 aromatic carbocycles. The van der Waals surface area contributed by atoms with E-state index in [-0.39, 0.29) is 5.02 Å². The summed E-state index contributed by atoms with van der Waals surface area (Å²) in [5.41, 5.74) is 7.46. The van der Waals surface area contributed by atoms with E-state index in [1.54, 1.807) is 12.1 Å². The van der Waals surface area contributed by atoms with E-state index in [2.05, 4.69) is 11.9 Å². The molecule has 2 aromatic rings. The van der Waals surface area contributed by atoms with Gasteiger partial charge in [-0.3, -0.25) is 0 Å². The number of rotatable bonds is 3. The van der Waals surface area contributed by atoms with Crippen LogP contribution in [0.25, 0.3) is 11.3 Å². The van der Waals surface area contributed by atoms with E-state index in [0.717, 1.165) is 24.4 Å². The molecule has 1 heterocycles. The number of hydrogen-bond donors (Lipinski definition) is 1. The van der Waals surface area contributed by atoms with Crippen LogP contribution >= 0.6 is 11.6 Å². The molecule has 0 fully saturated rings. The molecule has 0 radical (unpaired) electrons. The Morgan fingerprint density at radius 3 is 2.78 bits per heavy atom. The number of anilines is 1. The monoisotopic (exact) mass is 267 g/mol. The van der Waals surface area contributed by atoms with Crippen molar-refractivity contribution in [2.24, 2.45) is 0 Å². The first-order valence-corrected chi connectivity index (χ1v) is 6.20. The fraction of sp³-hybridized carbons (Fsp3) is 0.308. The van der Waals surface area contributed by atoms with Gasteiger partial charge in [0.25, 0.3) is 0 Å². The van der Waals surface area contributed by atoms with Gasteiger partial charge in [0.05, 0.1) is 5.02 Å². The molecule has 0 atom stereocenters. The van der Waals surface area contributed by atoms with Crippen LogP contribution in [0.3, 0.4) is 0 Å². The van der Waals surface area contributed by atoms with Gasteiger partial charge in [0.1, 0.15) is 23.2 Å². The highest BCUT2D eigenvalue weighted by molar-refractivity contribution is 6.31. The lowest BCUT2D eigenvalue weighted by molar-refractivity contribution is 0.628.